The number of fused-ring (bicyclic) bond motifs is 2. The molecule has 1 amide bonds. The number of rotatable bonds is 4. The van der Waals surface area contributed by atoms with E-state index in [4.69, 9.17) is 14.2 Å². The van der Waals surface area contributed by atoms with E-state index in [1.54, 1.807) is 18.1 Å². The van der Waals surface area contributed by atoms with Gasteiger partial charge in [0.05, 0.1) is 44.0 Å². The quantitative estimate of drug-likeness (QED) is 0.795. The second kappa shape index (κ2) is 8.38. The highest BCUT2D eigenvalue weighted by Crippen LogP contribution is 2.37. The van der Waals surface area contributed by atoms with Gasteiger partial charge in [-0.05, 0) is 35.8 Å². The van der Waals surface area contributed by atoms with E-state index in [1.165, 1.54) is 0 Å². The highest BCUT2D eigenvalue weighted by molar-refractivity contribution is 5.77. The smallest absolute Gasteiger partial charge is 0.411 e. The summed E-state index contributed by atoms with van der Waals surface area (Å²) in [5.74, 6) is 0.717. The topological polar surface area (TPSA) is 71.8 Å². The minimum atomic E-state index is -0.333. The highest BCUT2D eigenvalue weighted by Gasteiger charge is 2.39. The zero-order valence-electron chi connectivity index (χ0n) is 16.2. The van der Waals surface area contributed by atoms with Crippen molar-refractivity contribution in [2.24, 2.45) is 0 Å². The third-order valence-corrected chi connectivity index (χ3v) is 5.29. The number of morpholine rings is 1. The van der Waals surface area contributed by atoms with Gasteiger partial charge < -0.3 is 14.2 Å². The van der Waals surface area contributed by atoms with Gasteiger partial charge in [-0.3, -0.25) is 4.90 Å². The Labute approximate surface area is 169 Å². The standard InChI is InChI=1S/C23H22N2O4/c1-27-22-8-7-17(12-24)9-21(22)18-10-19-14-28-15-20(11-18)25(19)23(26)29-13-16-5-3-2-4-6-16/h2-10,19-20H,11,13-15H2,1H3. The molecular formula is C23H22N2O4. The molecule has 1 fully saturated rings. The number of carbonyl (C=O) groups excluding carboxylic acids is 1. The van der Waals surface area contributed by atoms with Gasteiger partial charge in [0.25, 0.3) is 0 Å². The normalized spacial score (nSPS) is 20.4. The molecular weight excluding hydrogens is 368 g/mol. The van der Waals surface area contributed by atoms with Crippen LogP contribution in [0.2, 0.25) is 0 Å². The first kappa shape index (κ1) is 19.0. The van der Waals surface area contributed by atoms with Crippen molar-refractivity contribution in [3.63, 3.8) is 0 Å². The van der Waals surface area contributed by atoms with Gasteiger partial charge in [0.1, 0.15) is 12.4 Å². The van der Waals surface area contributed by atoms with Crippen molar-refractivity contribution in [1.82, 2.24) is 4.90 Å². The number of nitrogens with zero attached hydrogens (tertiary/aromatic N) is 2. The summed E-state index contributed by atoms with van der Waals surface area (Å²) < 4.78 is 16.7. The maximum Gasteiger partial charge on any atom is 0.411 e. The first-order valence-electron chi connectivity index (χ1n) is 9.55. The molecule has 0 radical (unpaired) electrons. The van der Waals surface area contributed by atoms with Crippen LogP contribution in [0.15, 0.2) is 54.6 Å². The Kier molecular flexibility index (Phi) is 5.50. The third kappa shape index (κ3) is 3.96. The van der Waals surface area contributed by atoms with E-state index in [2.05, 4.69) is 6.07 Å². The molecule has 2 aliphatic heterocycles. The first-order chi connectivity index (χ1) is 14.2. The van der Waals surface area contributed by atoms with E-state index in [0.29, 0.717) is 30.9 Å². The van der Waals surface area contributed by atoms with Gasteiger partial charge in [-0.1, -0.05) is 36.4 Å². The number of amides is 1. The zero-order valence-corrected chi connectivity index (χ0v) is 16.2. The number of benzene rings is 2. The molecule has 2 aromatic carbocycles. The fraction of sp³-hybridized carbons (Fsp3) is 0.304. The van der Waals surface area contributed by atoms with Gasteiger partial charge in [-0.2, -0.15) is 5.26 Å². The Morgan fingerprint density at radius 3 is 2.79 bits per heavy atom. The largest absolute Gasteiger partial charge is 0.496 e. The van der Waals surface area contributed by atoms with Gasteiger partial charge >= 0.3 is 6.09 Å². The van der Waals surface area contributed by atoms with Crippen LogP contribution in [0.3, 0.4) is 0 Å². The number of hydrogen-bond acceptors (Lipinski definition) is 5. The van der Waals surface area contributed by atoms with Gasteiger partial charge in [-0.15, -0.1) is 0 Å². The van der Waals surface area contributed by atoms with Crippen molar-refractivity contribution in [2.75, 3.05) is 20.3 Å². The van der Waals surface area contributed by atoms with E-state index in [9.17, 15) is 10.1 Å². The fourth-order valence-electron chi connectivity index (χ4n) is 3.90. The molecule has 4 rings (SSSR count). The van der Waals surface area contributed by atoms with Gasteiger partial charge in [-0.25, -0.2) is 4.79 Å². The Balaban J connectivity index is 1.56. The molecule has 2 unspecified atom stereocenters. The molecule has 0 saturated carbocycles. The van der Waals surface area contributed by atoms with Crippen LogP contribution in [0.1, 0.15) is 23.1 Å². The molecule has 29 heavy (non-hydrogen) atoms. The molecule has 6 heteroatoms. The second-order valence-electron chi connectivity index (χ2n) is 7.13. The molecule has 2 aliphatic rings. The summed E-state index contributed by atoms with van der Waals surface area (Å²) in [6.07, 6.45) is 2.31. The Bertz CT molecular complexity index is 965. The van der Waals surface area contributed by atoms with Crippen LogP contribution in [0.5, 0.6) is 5.75 Å². The number of ether oxygens (including phenoxy) is 3. The Morgan fingerprint density at radius 2 is 2.07 bits per heavy atom. The lowest BCUT2D eigenvalue weighted by molar-refractivity contribution is -0.0342. The van der Waals surface area contributed by atoms with Crippen molar-refractivity contribution < 1.29 is 19.0 Å². The molecule has 6 nitrogen and oxygen atoms in total. The van der Waals surface area contributed by atoms with E-state index in [-0.39, 0.29) is 24.8 Å². The predicted molar refractivity (Wildman–Crippen MR) is 107 cm³/mol. The molecule has 2 bridgehead atoms. The monoisotopic (exact) mass is 390 g/mol. The van der Waals surface area contributed by atoms with Gasteiger partial charge in [0, 0.05) is 5.56 Å². The lowest BCUT2D eigenvalue weighted by atomic mass is 9.89. The van der Waals surface area contributed by atoms with Gasteiger partial charge in [0.15, 0.2) is 0 Å². The maximum absolute atomic E-state index is 12.8. The molecule has 0 aliphatic carbocycles. The average molecular weight is 390 g/mol. The third-order valence-electron chi connectivity index (χ3n) is 5.29. The Morgan fingerprint density at radius 1 is 1.24 bits per heavy atom. The van der Waals surface area contributed by atoms with Crippen molar-refractivity contribution in [3.8, 4) is 11.8 Å². The predicted octanol–water partition coefficient (Wildman–Crippen LogP) is 3.76. The van der Waals surface area contributed by atoms with E-state index >= 15 is 0 Å². The van der Waals surface area contributed by atoms with Crippen LogP contribution in [0, 0.1) is 11.3 Å². The maximum atomic E-state index is 12.8. The molecule has 2 heterocycles. The summed E-state index contributed by atoms with van der Waals surface area (Å²) >= 11 is 0. The number of methoxy groups -OCH3 is 1. The van der Waals surface area contributed by atoms with Crippen molar-refractivity contribution in [2.45, 2.75) is 25.1 Å². The van der Waals surface area contributed by atoms with Crippen LogP contribution in [0.4, 0.5) is 4.79 Å². The van der Waals surface area contributed by atoms with Crippen LogP contribution in [0.25, 0.3) is 5.57 Å². The summed E-state index contributed by atoms with van der Waals surface area (Å²) in [6, 6.07) is 16.9. The first-order valence-corrected chi connectivity index (χ1v) is 9.55. The second-order valence-corrected chi connectivity index (χ2v) is 7.13. The average Bonchev–Trinajstić information content (AvgIpc) is 2.76. The molecule has 1 saturated heterocycles. The summed E-state index contributed by atoms with van der Waals surface area (Å²) in [6.45, 7) is 1.11. The van der Waals surface area contributed by atoms with E-state index < -0.39 is 0 Å². The minimum absolute atomic E-state index is 0.118. The summed E-state index contributed by atoms with van der Waals surface area (Å²) in [4.78, 5) is 14.6. The van der Waals surface area contributed by atoms with Crippen molar-refractivity contribution >= 4 is 11.7 Å². The number of carbonyl (C=O) groups is 1. The lowest BCUT2D eigenvalue weighted by Crippen LogP contribution is -2.56. The minimum Gasteiger partial charge on any atom is -0.496 e. The molecule has 0 spiro atoms. The van der Waals surface area contributed by atoms with Crippen LogP contribution in [-0.4, -0.2) is 43.4 Å². The number of hydrogen-bond donors (Lipinski definition) is 0. The molecule has 2 atom stereocenters. The molecule has 0 N–H and O–H groups in total. The summed E-state index contributed by atoms with van der Waals surface area (Å²) in [7, 11) is 1.62. The number of nitriles is 1. The fourth-order valence-corrected chi connectivity index (χ4v) is 3.90. The summed E-state index contributed by atoms with van der Waals surface area (Å²) in [5.41, 5.74) is 3.48. The summed E-state index contributed by atoms with van der Waals surface area (Å²) in [5, 5.41) is 9.25. The zero-order chi connectivity index (χ0) is 20.2. The lowest BCUT2D eigenvalue weighted by Gasteiger charge is -2.43. The molecule has 2 aromatic rings. The van der Waals surface area contributed by atoms with Crippen LogP contribution < -0.4 is 4.74 Å². The molecule has 148 valence electrons. The van der Waals surface area contributed by atoms with Crippen molar-refractivity contribution in [1.29, 1.82) is 5.26 Å². The molecule has 0 aromatic heterocycles. The highest BCUT2D eigenvalue weighted by atomic mass is 16.6. The van der Waals surface area contributed by atoms with Crippen LogP contribution in [-0.2, 0) is 16.1 Å². The van der Waals surface area contributed by atoms with Crippen molar-refractivity contribution in [3.05, 3.63) is 71.3 Å². The van der Waals surface area contributed by atoms with E-state index in [0.717, 1.165) is 16.7 Å². The van der Waals surface area contributed by atoms with E-state index in [1.807, 2.05) is 48.5 Å². The van der Waals surface area contributed by atoms with Gasteiger partial charge in [0.2, 0.25) is 0 Å². The van der Waals surface area contributed by atoms with Crippen LogP contribution >= 0.6 is 0 Å². The Hall–Kier alpha value is -3.30. The SMILES string of the molecule is COc1ccc(C#N)cc1C1=CC2COCC(C1)N2C(=O)OCc1ccccc1.